The van der Waals surface area contributed by atoms with Crippen molar-refractivity contribution in [1.82, 2.24) is 0 Å². The molecule has 4 rings (SSSR count). The van der Waals surface area contributed by atoms with E-state index in [-0.39, 0.29) is 10.6 Å². The molecule has 220 valence electrons. The van der Waals surface area contributed by atoms with Crippen LogP contribution in [-0.2, 0) is 30.8 Å². The van der Waals surface area contributed by atoms with E-state index in [0.717, 1.165) is 92.8 Å². The number of nitrogens with zero attached hydrogens (tertiary/aromatic N) is 1. The lowest BCUT2D eigenvalue weighted by atomic mass is 10.1. The quantitative estimate of drug-likeness (QED) is 0.0643. The number of rotatable bonds is 19. The predicted molar refractivity (Wildman–Crippen MR) is 167 cm³/mol. The molecule has 0 radical (unpaired) electrons. The van der Waals surface area contributed by atoms with Crippen LogP contribution in [0.1, 0.15) is 60.8 Å². The minimum absolute atomic E-state index is 0.140. The molecule has 0 saturated heterocycles. The molecule has 0 amide bonds. The van der Waals surface area contributed by atoms with Crippen molar-refractivity contribution in [2.75, 3.05) is 13.2 Å². The Hall–Kier alpha value is -4.16. The summed E-state index contributed by atoms with van der Waals surface area (Å²) in [7, 11) is 0. The van der Waals surface area contributed by atoms with Crippen molar-refractivity contribution < 1.29 is 19.1 Å². The van der Waals surface area contributed by atoms with Crippen LogP contribution in [0.2, 0.25) is 0 Å². The highest BCUT2D eigenvalue weighted by atomic mass is 16.6. The zero-order valence-electron chi connectivity index (χ0n) is 24.3. The molecule has 0 aliphatic rings. The molecule has 4 aromatic carbocycles. The summed E-state index contributed by atoms with van der Waals surface area (Å²) in [6.07, 6.45) is 8.37. The van der Waals surface area contributed by atoms with E-state index < -0.39 is 0 Å². The number of hydrogen-bond acceptors (Lipinski definition) is 5. The summed E-state index contributed by atoms with van der Waals surface area (Å²) in [5, 5.41) is 10.8. The molecule has 0 unspecified atom stereocenters. The van der Waals surface area contributed by atoms with E-state index in [9.17, 15) is 10.1 Å². The summed E-state index contributed by atoms with van der Waals surface area (Å²) >= 11 is 0. The molecular weight excluding hydrogens is 526 g/mol. The summed E-state index contributed by atoms with van der Waals surface area (Å²) in [6, 6.07) is 33.5. The Morgan fingerprint density at radius 1 is 0.524 bits per heavy atom. The van der Waals surface area contributed by atoms with Crippen molar-refractivity contribution >= 4 is 5.69 Å². The molecule has 0 bridgehead atoms. The summed E-state index contributed by atoms with van der Waals surface area (Å²) < 4.78 is 18.1. The highest BCUT2D eigenvalue weighted by Gasteiger charge is 2.06. The number of benzene rings is 4. The summed E-state index contributed by atoms with van der Waals surface area (Å²) in [5.74, 6) is 1.67. The van der Waals surface area contributed by atoms with Gasteiger partial charge in [-0.2, -0.15) is 0 Å². The van der Waals surface area contributed by atoms with Gasteiger partial charge in [-0.15, -0.1) is 0 Å². The highest BCUT2D eigenvalue weighted by molar-refractivity contribution is 5.39. The molecule has 0 fully saturated rings. The monoisotopic (exact) mass is 567 g/mol. The Bertz CT molecular complexity index is 1260. The fraction of sp³-hybridized carbons (Fsp3) is 0.333. The van der Waals surface area contributed by atoms with Crippen molar-refractivity contribution in [3.05, 3.63) is 135 Å². The van der Waals surface area contributed by atoms with Gasteiger partial charge in [0.2, 0.25) is 0 Å². The standard InChI is InChI=1S/C36H41NO5/c38-37(39)34-21-19-30(20-22-34)13-10-12-24-40-23-11-2-1-5-18-33-25-35(41-28-31-14-6-3-7-15-31)27-36(26-33)42-29-32-16-8-4-9-17-32/h3-4,6-9,14-17,19-22,25-27H,1-2,5,10-13,18,23-24,28-29H2. The van der Waals surface area contributed by atoms with Gasteiger partial charge in [0.15, 0.2) is 0 Å². The second-order valence-corrected chi connectivity index (χ2v) is 10.5. The van der Waals surface area contributed by atoms with Gasteiger partial charge in [-0.25, -0.2) is 0 Å². The molecule has 0 aliphatic heterocycles. The number of nitro groups is 1. The molecule has 0 saturated carbocycles. The van der Waals surface area contributed by atoms with Crippen LogP contribution in [0.25, 0.3) is 0 Å². The number of aryl methyl sites for hydroxylation is 2. The SMILES string of the molecule is O=[N+]([O-])c1ccc(CCCCOCCCCCCc2cc(OCc3ccccc3)cc(OCc3ccccc3)c2)cc1. The van der Waals surface area contributed by atoms with Crippen molar-refractivity contribution in [2.24, 2.45) is 0 Å². The molecule has 0 aromatic heterocycles. The topological polar surface area (TPSA) is 70.8 Å². The zero-order valence-corrected chi connectivity index (χ0v) is 24.3. The number of ether oxygens (including phenoxy) is 3. The lowest BCUT2D eigenvalue weighted by molar-refractivity contribution is -0.384. The maximum absolute atomic E-state index is 10.8. The third-order valence-corrected chi connectivity index (χ3v) is 7.09. The van der Waals surface area contributed by atoms with Gasteiger partial charge in [0.25, 0.3) is 5.69 Å². The molecule has 0 aliphatic carbocycles. The van der Waals surface area contributed by atoms with Crippen LogP contribution in [0.4, 0.5) is 5.69 Å². The Balaban J connectivity index is 1.13. The van der Waals surface area contributed by atoms with Gasteiger partial charge in [0, 0.05) is 31.4 Å². The van der Waals surface area contributed by atoms with Crippen LogP contribution < -0.4 is 9.47 Å². The fourth-order valence-electron chi connectivity index (χ4n) is 4.73. The van der Waals surface area contributed by atoms with Crippen LogP contribution in [0, 0.1) is 10.1 Å². The van der Waals surface area contributed by atoms with Crippen molar-refractivity contribution in [3.63, 3.8) is 0 Å². The van der Waals surface area contributed by atoms with Crippen LogP contribution in [0.3, 0.4) is 0 Å². The predicted octanol–water partition coefficient (Wildman–Crippen LogP) is 8.90. The third kappa shape index (κ3) is 11.4. The minimum atomic E-state index is -0.364. The second kappa shape index (κ2) is 17.6. The number of hydrogen-bond donors (Lipinski definition) is 0. The molecule has 6 heteroatoms. The maximum atomic E-state index is 10.8. The van der Waals surface area contributed by atoms with E-state index in [1.54, 1.807) is 12.1 Å². The Morgan fingerprint density at radius 3 is 1.60 bits per heavy atom. The second-order valence-electron chi connectivity index (χ2n) is 10.5. The first-order valence-electron chi connectivity index (χ1n) is 14.9. The lowest BCUT2D eigenvalue weighted by Crippen LogP contribution is -2.00. The van der Waals surface area contributed by atoms with Crippen LogP contribution in [-0.4, -0.2) is 18.1 Å². The van der Waals surface area contributed by atoms with Crippen molar-refractivity contribution in [3.8, 4) is 11.5 Å². The summed E-state index contributed by atoms with van der Waals surface area (Å²) in [4.78, 5) is 10.4. The Morgan fingerprint density at radius 2 is 1.02 bits per heavy atom. The minimum Gasteiger partial charge on any atom is -0.489 e. The first-order valence-corrected chi connectivity index (χ1v) is 14.9. The molecule has 42 heavy (non-hydrogen) atoms. The van der Waals surface area contributed by atoms with E-state index in [1.165, 1.54) is 5.56 Å². The molecule has 0 atom stereocenters. The maximum Gasteiger partial charge on any atom is 0.269 e. The van der Waals surface area contributed by atoms with E-state index in [1.807, 2.05) is 54.6 Å². The first kappa shape index (κ1) is 30.8. The third-order valence-electron chi connectivity index (χ3n) is 7.09. The van der Waals surface area contributed by atoms with Gasteiger partial charge in [-0.05, 0) is 72.9 Å². The smallest absolute Gasteiger partial charge is 0.269 e. The van der Waals surface area contributed by atoms with Gasteiger partial charge in [-0.3, -0.25) is 10.1 Å². The molecule has 4 aromatic rings. The molecular formula is C36H41NO5. The van der Waals surface area contributed by atoms with E-state index >= 15 is 0 Å². The van der Waals surface area contributed by atoms with Crippen LogP contribution >= 0.6 is 0 Å². The molecule has 0 spiro atoms. The zero-order chi connectivity index (χ0) is 29.2. The average molecular weight is 568 g/mol. The fourth-order valence-corrected chi connectivity index (χ4v) is 4.73. The van der Waals surface area contributed by atoms with E-state index in [0.29, 0.717) is 13.2 Å². The Labute approximate surface area is 249 Å². The summed E-state index contributed by atoms with van der Waals surface area (Å²) in [5.41, 5.74) is 4.78. The van der Waals surface area contributed by atoms with Crippen molar-refractivity contribution in [2.45, 2.75) is 64.6 Å². The van der Waals surface area contributed by atoms with Gasteiger partial charge < -0.3 is 14.2 Å². The molecule has 0 heterocycles. The largest absolute Gasteiger partial charge is 0.489 e. The van der Waals surface area contributed by atoms with Crippen LogP contribution in [0.15, 0.2) is 103 Å². The number of non-ortho nitro benzene ring substituents is 1. The van der Waals surface area contributed by atoms with Crippen LogP contribution in [0.5, 0.6) is 11.5 Å². The summed E-state index contributed by atoms with van der Waals surface area (Å²) in [6.45, 7) is 2.60. The normalized spacial score (nSPS) is 10.9. The van der Waals surface area contributed by atoms with Gasteiger partial charge in [0.1, 0.15) is 24.7 Å². The number of unbranched alkanes of at least 4 members (excludes halogenated alkanes) is 4. The lowest BCUT2D eigenvalue weighted by Gasteiger charge is -2.13. The average Bonchev–Trinajstić information content (AvgIpc) is 3.03. The van der Waals surface area contributed by atoms with Gasteiger partial charge >= 0.3 is 0 Å². The number of nitro benzene ring substituents is 1. The molecule has 0 N–H and O–H groups in total. The molecule has 6 nitrogen and oxygen atoms in total. The van der Waals surface area contributed by atoms with Crippen molar-refractivity contribution in [1.29, 1.82) is 0 Å². The first-order chi connectivity index (χ1) is 20.7. The Kier molecular flexibility index (Phi) is 12.9. The highest BCUT2D eigenvalue weighted by Crippen LogP contribution is 2.26. The van der Waals surface area contributed by atoms with Gasteiger partial charge in [-0.1, -0.05) is 85.6 Å². The van der Waals surface area contributed by atoms with E-state index in [4.69, 9.17) is 14.2 Å². The van der Waals surface area contributed by atoms with Gasteiger partial charge in [0.05, 0.1) is 4.92 Å². The van der Waals surface area contributed by atoms with E-state index in [2.05, 4.69) is 36.4 Å².